The minimum Gasteiger partial charge on any atom is -0.550 e. The highest BCUT2D eigenvalue weighted by Gasteiger charge is 2.25. The van der Waals surface area contributed by atoms with Gasteiger partial charge >= 0.3 is 0 Å². The van der Waals surface area contributed by atoms with Gasteiger partial charge in [0, 0.05) is 12.4 Å². The predicted molar refractivity (Wildman–Crippen MR) is 66.3 cm³/mol. The van der Waals surface area contributed by atoms with Gasteiger partial charge in [0.05, 0.1) is 11.4 Å². The molecule has 1 N–H and O–H groups in total. The van der Waals surface area contributed by atoms with Gasteiger partial charge in [0.1, 0.15) is 6.54 Å². The molecule has 6 nitrogen and oxygen atoms in total. The van der Waals surface area contributed by atoms with E-state index >= 15 is 0 Å². The van der Waals surface area contributed by atoms with Gasteiger partial charge in [0.2, 0.25) is 11.8 Å². The number of carboxylic acids is 1. The van der Waals surface area contributed by atoms with E-state index < -0.39 is 5.97 Å². The van der Waals surface area contributed by atoms with Gasteiger partial charge in [-0.1, -0.05) is 12.1 Å². The summed E-state index contributed by atoms with van der Waals surface area (Å²) in [7, 11) is 0. The Morgan fingerprint density at radius 3 is 2.74 bits per heavy atom. The molecule has 1 heterocycles. The van der Waals surface area contributed by atoms with Crippen LogP contribution in [0.1, 0.15) is 19.3 Å². The van der Waals surface area contributed by atoms with Crippen molar-refractivity contribution >= 4 is 29.2 Å². The van der Waals surface area contributed by atoms with Crippen molar-refractivity contribution in [3.63, 3.8) is 0 Å². The van der Waals surface area contributed by atoms with Gasteiger partial charge in [0.15, 0.2) is 0 Å². The Balaban J connectivity index is 2.09. The molecule has 1 aliphatic heterocycles. The van der Waals surface area contributed by atoms with E-state index in [4.69, 9.17) is 0 Å². The van der Waals surface area contributed by atoms with Crippen LogP contribution in [0.25, 0.3) is 0 Å². The number of para-hydroxylation sites is 2. The Morgan fingerprint density at radius 2 is 2.00 bits per heavy atom. The molecular weight excluding hydrogens is 248 g/mol. The third kappa shape index (κ3) is 3.09. The number of hydrogen-bond donors (Lipinski definition) is 1. The maximum atomic E-state index is 12.0. The van der Waals surface area contributed by atoms with Crippen molar-refractivity contribution in [2.45, 2.75) is 19.3 Å². The number of aliphatic carboxylic acids is 1. The van der Waals surface area contributed by atoms with Crippen molar-refractivity contribution in [1.82, 2.24) is 0 Å². The van der Waals surface area contributed by atoms with Crippen molar-refractivity contribution in [1.29, 1.82) is 0 Å². The number of amides is 2. The summed E-state index contributed by atoms with van der Waals surface area (Å²) in [6.45, 7) is -0.0405. The van der Waals surface area contributed by atoms with E-state index in [1.807, 2.05) is 0 Å². The maximum Gasteiger partial charge on any atom is 0.244 e. The molecular formula is C13H13N2O4-. The van der Waals surface area contributed by atoms with Gasteiger partial charge in [0.25, 0.3) is 0 Å². The van der Waals surface area contributed by atoms with Crippen LogP contribution in [-0.4, -0.2) is 24.3 Å². The lowest BCUT2D eigenvalue weighted by Gasteiger charge is -2.29. The maximum absolute atomic E-state index is 12.0. The lowest BCUT2D eigenvalue weighted by Crippen LogP contribution is -2.42. The molecule has 1 aliphatic rings. The Bertz CT molecular complexity index is 527. The molecule has 6 heteroatoms. The molecule has 0 fully saturated rings. The number of carboxylic acid groups (broad SMARTS) is 1. The standard InChI is InChI=1S/C13H14N2O4/c16-11-8-15(12(17)6-3-7-13(18)19)10-5-2-1-4-9(10)14-11/h1-2,4-5H,3,6-8H2,(H,14,16)(H,18,19)/p-1. The first kappa shape index (κ1) is 13.1. The van der Waals surface area contributed by atoms with Crippen LogP contribution in [0.4, 0.5) is 11.4 Å². The van der Waals surface area contributed by atoms with Gasteiger partial charge in [-0.25, -0.2) is 0 Å². The van der Waals surface area contributed by atoms with E-state index in [-0.39, 0.29) is 37.6 Å². The van der Waals surface area contributed by atoms with Crippen LogP contribution in [0, 0.1) is 0 Å². The summed E-state index contributed by atoms with van der Waals surface area (Å²) in [6, 6.07) is 7.00. The number of carbonyl (C=O) groups is 3. The zero-order valence-corrected chi connectivity index (χ0v) is 10.2. The van der Waals surface area contributed by atoms with E-state index in [1.54, 1.807) is 24.3 Å². The largest absolute Gasteiger partial charge is 0.550 e. The summed E-state index contributed by atoms with van der Waals surface area (Å²) in [6.07, 6.45) is 0.129. The summed E-state index contributed by atoms with van der Waals surface area (Å²) < 4.78 is 0. The molecule has 0 saturated heterocycles. The van der Waals surface area contributed by atoms with E-state index in [0.29, 0.717) is 11.4 Å². The summed E-state index contributed by atoms with van der Waals surface area (Å²) in [5.41, 5.74) is 1.23. The van der Waals surface area contributed by atoms with Gasteiger partial charge in [-0.2, -0.15) is 0 Å². The van der Waals surface area contributed by atoms with Crippen molar-refractivity contribution in [3.8, 4) is 0 Å². The first-order valence-corrected chi connectivity index (χ1v) is 5.97. The molecule has 0 spiro atoms. The molecule has 0 aliphatic carbocycles. The topological polar surface area (TPSA) is 89.5 Å². The van der Waals surface area contributed by atoms with Crippen LogP contribution in [0.3, 0.4) is 0 Å². The second-order valence-electron chi connectivity index (χ2n) is 4.27. The van der Waals surface area contributed by atoms with Crippen LogP contribution in [-0.2, 0) is 14.4 Å². The minimum absolute atomic E-state index is 0.0405. The highest BCUT2D eigenvalue weighted by molar-refractivity contribution is 6.09. The van der Waals surface area contributed by atoms with Crippen LogP contribution in [0.5, 0.6) is 0 Å². The number of nitrogens with zero attached hydrogens (tertiary/aromatic N) is 1. The average Bonchev–Trinajstić information content (AvgIpc) is 2.37. The zero-order chi connectivity index (χ0) is 13.8. The molecule has 0 saturated carbocycles. The first-order valence-electron chi connectivity index (χ1n) is 5.97. The molecule has 2 amide bonds. The number of rotatable bonds is 4. The Kier molecular flexibility index (Phi) is 3.79. The number of anilines is 2. The van der Waals surface area contributed by atoms with Crippen molar-refractivity contribution in [3.05, 3.63) is 24.3 Å². The molecule has 1 aromatic rings. The van der Waals surface area contributed by atoms with E-state index in [1.165, 1.54) is 4.90 Å². The molecule has 0 bridgehead atoms. The van der Waals surface area contributed by atoms with Crippen LogP contribution in [0.2, 0.25) is 0 Å². The van der Waals surface area contributed by atoms with Crippen molar-refractivity contribution < 1.29 is 19.5 Å². The average molecular weight is 261 g/mol. The van der Waals surface area contributed by atoms with Crippen molar-refractivity contribution in [2.24, 2.45) is 0 Å². The fourth-order valence-electron chi connectivity index (χ4n) is 1.97. The fourth-order valence-corrected chi connectivity index (χ4v) is 1.97. The van der Waals surface area contributed by atoms with E-state index in [9.17, 15) is 19.5 Å². The van der Waals surface area contributed by atoms with Gasteiger partial charge in [-0.3, -0.25) is 9.59 Å². The normalized spacial score (nSPS) is 13.7. The third-order valence-corrected chi connectivity index (χ3v) is 2.84. The van der Waals surface area contributed by atoms with Crippen LogP contribution >= 0.6 is 0 Å². The van der Waals surface area contributed by atoms with E-state index in [2.05, 4.69) is 5.32 Å². The molecule has 0 radical (unpaired) electrons. The van der Waals surface area contributed by atoms with Gasteiger partial charge < -0.3 is 20.1 Å². The highest BCUT2D eigenvalue weighted by atomic mass is 16.4. The molecule has 0 atom stereocenters. The number of fused-ring (bicyclic) bond motifs is 1. The summed E-state index contributed by atoms with van der Waals surface area (Å²) in [5, 5.41) is 13.0. The molecule has 2 rings (SSSR count). The monoisotopic (exact) mass is 261 g/mol. The Labute approximate surface area is 110 Å². The van der Waals surface area contributed by atoms with Gasteiger partial charge in [-0.15, -0.1) is 0 Å². The Morgan fingerprint density at radius 1 is 1.26 bits per heavy atom. The zero-order valence-electron chi connectivity index (χ0n) is 10.2. The third-order valence-electron chi connectivity index (χ3n) is 2.84. The Hall–Kier alpha value is -2.37. The number of carbonyl (C=O) groups excluding carboxylic acids is 3. The van der Waals surface area contributed by atoms with E-state index in [0.717, 1.165) is 0 Å². The quantitative estimate of drug-likeness (QED) is 0.819. The smallest absolute Gasteiger partial charge is 0.244 e. The number of benzene rings is 1. The summed E-state index contributed by atoms with van der Waals surface area (Å²) in [5.74, 6) is -1.69. The lowest BCUT2D eigenvalue weighted by atomic mass is 10.1. The second kappa shape index (κ2) is 5.51. The summed E-state index contributed by atoms with van der Waals surface area (Å²) >= 11 is 0. The van der Waals surface area contributed by atoms with Gasteiger partial charge in [-0.05, 0) is 25.0 Å². The minimum atomic E-state index is -1.18. The lowest BCUT2D eigenvalue weighted by molar-refractivity contribution is -0.305. The number of nitrogens with one attached hydrogen (secondary N) is 1. The molecule has 0 aromatic heterocycles. The molecule has 100 valence electrons. The highest BCUT2D eigenvalue weighted by Crippen LogP contribution is 2.29. The summed E-state index contributed by atoms with van der Waals surface area (Å²) in [4.78, 5) is 35.2. The van der Waals surface area contributed by atoms with Crippen molar-refractivity contribution in [2.75, 3.05) is 16.8 Å². The number of hydrogen-bond acceptors (Lipinski definition) is 4. The SMILES string of the molecule is O=C([O-])CCCC(=O)N1CC(=O)Nc2ccccc21. The second-order valence-corrected chi connectivity index (χ2v) is 4.27. The van der Waals surface area contributed by atoms with Crippen LogP contribution < -0.4 is 15.3 Å². The molecule has 1 aromatic carbocycles. The first-order chi connectivity index (χ1) is 9.08. The molecule has 0 unspecified atom stereocenters. The van der Waals surface area contributed by atoms with Crippen LogP contribution in [0.15, 0.2) is 24.3 Å². The fraction of sp³-hybridized carbons (Fsp3) is 0.308. The predicted octanol–water partition coefficient (Wildman–Crippen LogP) is -0.108. The molecule has 19 heavy (non-hydrogen) atoms.